The normalized spacial score (nSPS) is 10.3. The first kappa shape index (κ1) is 13.2. The number of benzene rings is 1. The predicted molar refractivity (Wildman–Crippen MR) is 67.0 cm³/mol. The summed E-state index contributed by atoms with van der Waals surface area (Å²) in [5.74, 6) is -0.476. The Balaban J connectivity index is 2.09. The molecule has 0 saturated heterocycles. The first-order valence-electron chi connectivity index (χ1n) is 5.68. The predicted octanol–water partition coefficient (Wildman–Crippen LogP) is 2.68. The van der Waals surface area contributed by atoms with E-state index in [9.17, 15) is 8.78 Å². The summed E-state index contributed by atoms with van der Waals surface area (Å²) in [5.41, 5.74) is 0.795. The third-order valence-electron chi connectivity index (χ3n) is 2.42. The van der Waals surface area contributed by atoms with E-state index in [1.807, 2.05) is 6.92 Å². The van der Waals surface area contributed by atoms with Crippen molar-refractivity contribution in [2.75, 3.05) is 12.4 Å². The van der Waals surface area contributed by atoms with Gasteiger partial charge in [0, 0.05) is 24.9 Å². The summed E-state index contributed by atoms with van der Waals surface area (Å²) in [6, 6.07) is 5.15. The smallest absolute Gasteiger partial charge is 0.168 e. The number of aryl methyl sites for hydroxylation is 1. The van der Waals surface area contributed by atoms with E-state index in [4.69, 9.17) is 4.74 Å². The van der Waals surface area contributed by atoms with E-state index in [0.29, 0.717) is 11.6 Å². The Labute approximate surface area is 109 Å². The second-order valence-electron chi connectivity index (χ2n) is 3.93. The maximum absolute atomic E-state index is 13.0. The molecule has 0 atom stereocenters. The van der Waals surface area contributed by atoms with Crippen LogP contribution in [0.25, 0.3) is 0 Å². The van der Waals surface area contributed by atoms with Crippen molar-refractivity contribution in [2.45, 2.75) is 13.5 Å². The Kier molecular flexibility index (Phi) is 3.89. The van der Waals surface area contributed by atoms with Gasteiger partial charge in [0.15, 0.2) is 17.5 Å². The van der Waals surface area contributed by atoms with Crippen molar-refractivity contribution in [1.29, 1.82) is 0 Å². The molecule has 0 saturated carbocycles. The summed E-state index contributed by atoms with van der Waals surface area (Å²) in [5, 5.41) is 2.91. The minimum atomic E-state index is -0.946. The number of halogens is 2. The molecular weight excluding hydrogens is 252 g/mol. The quantitative estimate of drug-likeness (QED) is 0.923. The van der Waals surface area contributed by atoms with E-state index in [1.54, 1.807) is 13.1 Å². The number of ether oxygens (including phenoxy) is 1. The van der Waals surface area contributed by atoms with E-state index >= 15 is 0 Å². The van der Waals surface area contributed by atoms with Crippen molar-refractivity contribution in [3.8, 4) is 5.75 Å². The number of hydrogen-bond donors (Lipinski definition) is 1. The standard InChI is InChI=1S/C13H13F2N3O/c1-8-5-12(16-2)18-13(17-8)7-19-9-3-4-10(14)11(15)6-9/h3-6H,7H2,1-2H3,(H,16,17,18). The van der Waals surface area contributed by atoms with Crippen molar-refractivity contribution >= 4 is 5.82 Å². The summed E-state index contributed by atoms with van der Waals surface area (Å²) < 4.78 is 31.1. The van der Waals surface area contributed by atoms with Crippen LogP contribution in [-0.4, -0.2) is 17.0 Å². The topological polar surface area (TPSA) is 47.0 Å². The van der Waals surface area contributed by atoms with Crippen molar-refractivity contribution in [1.82, 2.24) is 9.97 Å². The lowest BCUT2D eigenvalue weighted by Gasteiger charge is -2.08. The molecule has 1 aromatic heterocycles. The number of rotatable bonds is 4. The van der Waals surface area contributed by atoms with Gasteiger partial charge in [-0.15, -0.1) is 0 Å². The first-order valence-corrected chi connectivity index (χ1v) is 5.68. The van der Waals surface area contributed by atoms with Crippen LogP contribution < -0.4 is 10.1 Å². The van der Waals surface area contributed by atoms with E-state index < -0.39 is 11.6 Å². The lowest BCUT2D eigenvalue weighted by Crippen LogP contribution is -2.05. The number of nitrogens with one attached hydrogen (secondary N) is 1. The largest absolute Gasteiger partial charge is 0.486 e. The zero-order chi connectivity index (χ0) is 13.8. The fraction of sp³-hybridized carbons (Fsp3) is 0.231. The number of hydrogen-bond acceptors (Lipinski definition) is 4. The first-order chi connectivity index (χ1) is 9.08. The van der Waals surface area contributed by atoms with Gasteiger partial charge in [0.25, 0.3) is 0 Å². The molecule has 1 N–H and O–H groups in total. The lowest BCUT2D eigenvalue weighted by atomic mass is 10.3. The summed E-state index contributed by atoms with van der Waals surface area (Å²) >= 11 is 0. The number of nitrogens with zero attached hydrogens (tertiary/aromatic N) is 2. The van der Waals surface area contributed by atoms with Crippen LogP contribution in [0.15, 0.2) is 24.3 Å². The van der Waals surface area contributed by atoms with E-state index in [0.717, 1.165) is 17.8 Å². The Bertz CT molecular complexity index is 590. The van der Waals surface area contributed by atoms with Crippen LogP contribution in [0, 0.1) is 18.6 Å². The molecule has 0 radical (unpaired) electrons. The third kappa shape index (κ3) is 3.37. The maximum Gasteiger partial charge on any atom is 0.168 e. The second-order valence-corrected chi connectivity index (χ2v) is 3.93. The van der Waals surface area contributed by atoms with Gasteiger partial charge in [-0.05, 0) is 19.1 Å². The fourth-order valence-corrected chi connectivity index (χ4v) is 1.54. The van der Waals surface area contributed by atoms with E-state index in [2.05, 4.69) is 15.3 Å². The Hall–Kier alpha value is -2.24. The van der Waals surface area contributed by atoms with Crippen LogP contribution in [0.4, 0.5) is 14.6 Å². The summed E-state index contributed by atoms with van der Waals surface area (Å²) in [4.78, 5) is 8.38. The monoisotopic (exact) mass is 265 g/mol. The molecule has 1 aromatic carbocycles. The highest BCUT2D eigenvalue weighted by molar-refractivity contribution is 5.34. The molecule has 0 spiro atoms. The molecule has 100 valence electrons. The molecule has 0 aliphatic carbocycles. The van der Waals surface area contributed by atoms with Crippen LogP contribution in [0.2, 0.25) is 0 Å². The summed E-state index contributed by atoms with van der Waals surface area (Å²) in [7, 11) is 1.75. The minimum Gasteiger partial charge on any atom is -0.486 e. The van der Waals surface area contributed by atoms with Gasteiger partial charge in [0.05, 0.1) is 0 Å². The van der Waals surface area contributed by atoms with Crippen molar-refractivity contribution in [2.24, 2.45) is 0 Å². The fourth-order valence-electron chi connectivity index (χ4n) is 1.54. The Morgan fingerprint density at radius 1 is 1.16 bits per heavy atom. The Morgan fingerprint density at radius 3 is 2.63 bits per heavy atom. The third-order valence-corrected chi connectivity index (χ3v) is 2.42. The molecule has 6 heteroatoms. The average molecular weight is 265 g/mol. The lowest BCUT2D eigenvalue weighted by molar-refractivity contribution is 0.293. The molecule has 0 amide bonds. The molecule has 0 fully saturated rings. The zero-order valence-corrected chi connectivity index (χ0v) is 10.6. The van der Waals surface area contributed by atoms with E-state index in [-0.39, 0.29) is 12.4 Å². The molecule has 0 bridgehead atoms. The molecule has 0 aliphatic rings. The Morgan fingerprint density at radius 2 is 1.95 bits per heavy atom. The highest BCUT2D eigenvalue weighted by Crippen LogP contribution is 2.16. The van der Waals surface area contributed by atoms with Crippen molar-refractivity contribution in [3.05, 3.63) is 47.4 Å². The minimum absolute atomic E-state index is 0.0848. The van der Waals surface area contributed by atoms with Gasteiger partial charge in [-0.2, -0.15) is 0 Å². The van der Waals surface area contributed by atoms with Crippen molar-refractivity contribution < 1.29 is 13.5 Å². The maximum atomic E-state index is 13.0. The molecular formula is C13H13F2N3O. The second kappa shape index (κ2) is 5.60. The number of anilines is 1. The number of aromatic nitrogens is 2. The van der Waals surface area contributed by atoms with Crippen LogP contribution in [0.5, 0.6) is 5.75 Å². The molecule has 0 unspecified atom stereocenters. The SMILES string of the molecule is CNc1cc(C)nc(COc2ccc(F)c(F)c2)n1. The van der Waals surface area contributed by atoms with Crippen LogP contribution >= 0.6 is 0 Å². The van der Waals surface area contributed by atoms with Crippen LogP contribution in [0.3, 0.4) is 0 Å². The summed E-state index contributed by atoms with van der Waals surface area (Å²) in [6.07, 6.45) is 0. The molecule has 4 nitrogen and oxygen atoms in total. The molecule has 19 heavy (non-hydrogen) atoms. The molecule has 2 aromatic rings. The highest BCUT2D eigenvalue weighted by Gasteiger charge is 2.05. The average Bonchev–Trinajstić information content (AvgIpc) is 2.39. The zero-order valence-electron chi connectivity index (χ0n) is 10.6. The van der Waals surface area contributed by atoms with Gasteiger partial charge in [0.2, 0.25) is 0 Å². The van der Waals surface area contributed by atoms with Gasteiger partial charge >= 0.3 is 0 Å². The van der Waals surface area contributed by atoms with Gasteiger partial charge in [-0.1, -0.05) is 0 Å². The molecule has 0 aliphatic heterocycles. The highest BCUT2D eigenvalue weighted by atomic mass is 19.2. The van der Waals surface area contributed by atoms with Gasteiger partial charge in [-0.3, -0.25) is 0 Å². The molecule has 1 heterocycles. The van der Waals surface area contributed by atoms with Gasteiger partial charge < -0.3 is 10.1 Å². The summed E-state index contributed by atoms with van der Waals surface area (Å²) in [6.45, 7) is 1.92. The van der Waals surface area contributed by atoms with Gasteiger partial charge in [-0.25, -0.2) is 18.7 Å². The van der Waals surface area contributed by atoms with Crippen molar-refractivity contribution in [3.63, 3.8) is 0 Å². The van der Waals surface area contributed by atoms with Crippen LogP contribution in [-0.2, 0) is 6.61 Å². The molecule has 2 rings (SSSR count). The van der Waals surface area contributed by atoms with Crippen LogP contribution in [0.1, 0.15) is 11.5 Å². The van der Waals surface area contributed by atoms with Gasteiger partial charge in [0.1, 0.15) is 18.2 Å². The van der Waals surface area contributed by atoms with E-state index in [1.165, 1.54) is 6.07 Å².